The third-order valence-electron chi connectivity index (χ3n) is 2.51. The first-order valence-corrected chi connectivity index (χ1v) is 5.22. The van der Waals surface area contributed by atoms with Crippen LogP contribution in [0.5, 0.6) is 0 Å². The van der Waals surface area contributed by atoms with E-state index in [4.69, 9.17) is 24.8 Å². The molecule has 0 aromatic heterocycles. The molecule has 0 aromatic rings. The maximum Gasteiger partial charge on any atom is 0.186 e. The highest BCUT2D eigenvalue weighted by molar-refractivity contribution is 4.88. The fourth-order valence-corrected chi connectivity index (χ4v) is 1.46. The Hall–Kier alpha value is -0.320. The van der Waals surface area contributed by atoms with Crippen molar-refractivity contribution in [2.75, 3.05) is 19.8 Å². The summed E-state index contributed by atoms with van der Waals surface area (Å²) < 4.78 is 9.93. The van der Waals surface area contributed by atoms with Crippen LogP contribution in [0.25, 0.3) is 0 Å². The molecule has 8 nitrogen and oxygen atoms in total. The molecule has 0 bridgehead atoms. The predicted octanol–water partition coefficient (Wildman–Crippen LogP) is -3.84. The van der Waals surface area contributed by atoms with E-state index in [0.29, 0.717) is 0 Å². The lowest BCUT2D eigenvalue weighted by atomic mass is 9.99. The zero-order valence-corrected chi connectivity index (χ0v) is 9.09. The Morgan fingerprint density at radius 2 is 1.71 bits per heavy atom. The van der Waals surface area contributed by atoms with Gasteiger partial charge >= 0.3 is 0 Å². The van der Waals surface area contributed by atoms with E-state index in [0.717, 1.165) is 0 Å². The van der Waals surface area contributed by atoms with Gasteiger partial charge in [-0.15, -0.1) is 0 Å². The van der Waals surface area contributed by atoms with Crippen LogP contribution in [0.4, 0.5) is 0 Å². The van der Waals surface area contributed by atoms with Crippen LogP contribution in [0.15, 0.2) is 0 Å². The summed E-state index contributed by atoms with van der Waals surface area (Å²) in [5.41, 5.74) is 0. The molecule has 1 fully saturated rings. The Labute approximate surface area is 97.6 Å². The van der Waals surface area contributed by atoms with Crippen LogP contribution in [0.1, 0.15) is 0 Å². The highest BCUT2D eigenvalue weighted by Gasteiger charge is 2.44. The quantitative estimate of drug-likeness (QED) is 0.293. The van der Waals surface area contributed by atoms with E-state index in [9.17, 15) is 15.3 Å². The van der Waals surface area contributed by atoms with Crippen molar-refractivity contribution in [2.45, 2.75) is 36.8 Å². The van der Waals surface area contributed by atoms with Crippen LogP contribution >= 0.6 is 0 Å². The molecular formula is C9H18O8. The molecule has 0 saturated carbocycles. The Bertz CT molecular complexity index is 223. The van der Waals surface area contributed by atoms with Gasteiger partial charge in [-0.1, -0.05) is 0 Å². The molecule has 0 amide bonds. The summed E-state index contributed by atoms with van der Waals surface area (Å²) in [5.74, 6) is 0. The average molecular weight is 254 g/mol. The zero-order chi connectivity index (χ0) is 13.0. The molecule has 0 radical (unpaired) electrons. The molecule has 1 aliphatic rings. The molecule has 1 aliphatic heterocycles. The van der Waals surface area contributed by atoms with Gasteiger partial charge in [0.2, 0.25) is 0 Å². The molecule has 1 rings (SSSR count). The molecule has 0 aliphatic carbocycles. The van der Waals surface area contributed by atoms with E-state index in [1.165, 1.54) is 0 Å². The fraction of sp³-hybridized carbons (Fsp3) is 1.00. The average Bonchev–Trinajstić information content (AvgIpc) is 2.34. The van der Waals surface area contributed by atoms with Crippen molar-refractivity contribution in [3.63, 3.8) is 0 Å². The van der Waals surface area contributed by atoms with Gasteiger partial charge in [0.15, 0.2) is 6.29 Å². The molecule has 6 N–H and O–H groups in total. The smallest absolute Gasteiger partial charge is 0.186 e. The van der Waals surface area contributed by atoms with Gasteiger partial charge in [-0.25, -0.2) is 0 Å². The number of hydrogen-bond donors (Lipinski definition) is 6. The number of aliphatic hydroxyl groups is 6. The standard InChI is InChI=1S/C9H18O8/c10-1-4(12)3-16-9-8(15)7(14)6(13)5(2-11)17-9/h4-15H,1-3H2/t4?,5?,6-,7?,8?,9-/m1/s1. The third kappa shape index (κ3) is 3.57. The highest BCUT2D eigenvalue weighted by Crippen LogP contribution is 2.21. The number of hydrogen-bond acceptors (Lipinski definition) is 8. The SMILES string of the molecule is OCC(O)CO[C@@H]1OC(CO)[C@@H](O)C(O)C1O. The molecule has 0 aromatic carbocycles. The normalized spacial score (nSPS) is 40.2. The maximum atomic E-state index is 9.52. The van der Waals surface area contributed by atoms with E-state index in [2.05, 4.69) is 0 Å². The van der Waals surface area contributed by atoms with Crippen LogP contribution in [-0.2, 0) is 9.47 Å². The van der Waals surface area contributed by atoms with E-state index < -0.39 is 50.0 Å². The lowest BCUT2D eigenvalue weighted by Crippen LogP contribution is -2.59. The third-order valence-corrected chi connectivity index (χ3v) is 2.51. The van der Waals surface area contributed by atoms with Gasteiger partial charge in [-0.3, -0.25) is 0 Å². The highest BCUT2D eigenvalue weighted by atomic mass is 16.7. The maximum absolute atomic E-state index is 9.52. The molecule has 102 valence electrons. The number of aliphatic hydroxyl groups excluding tert-OH is 6. The molecule has 6 atom stereocenters. The second kappa shape index (κ2) is 6.57. The van der Waals surface area contributed by atoms with E-state index >= 15 is 0 Å². The summed E-state index contributed by atoms with van der Waals surface area (Å²) in [6.07, 6.45) is -7.94. The molecule has 1 saturated heterocycles. The summed E-state index contributed by atoms with van der Waals surface area (Å²) in [4.78, 5) is 0. The summed E-state index contributed by atoms with van der Waals surface area (Å²) in [6, 6.07) is 0. The minimum absolute atomic E-state index is 0.306. The largest absolute Gasteiger partial charge is 0.394 e. The zero-order valence-electron chi connectivity index (χ0n) is 9.09. The van der Waals surface area contributed by atoms with Crippen molar-refractivity contribution < 1.29 is 40.1 Å². The van der Waals surface area contributed by atoms with Gasteiger partial charge in [0.25, 0.3) is 0 Å². The van der Waals surface area contributed by atoms with Crippen molar-refractivity contribution in [3.05, 3.63) is 0 Å². The van der Waals surface area contributed by atoms with Crippen LogP contribution < -0.4 is 0 Å². The molecule has 1 heterocycles. The van der Waals surface area contributed by atoms with Crippen molar-refractivity contribution in [1.82, 2.24) is 0 Å². The van der Waals surface area contributed by atoms with Crippen LogP contribution in [-0.4, -0.2) is 87.3 Å². The Morgan fingerprint density at radius 1 is 1.06 bits per heavy atom. The first kappa shape index (κ1) is 14.7. The van der Waals surface area contributed by atoms with Crippen molar-refractivity contribution in [3.8, 4) is 0 Å². The van der Waals surface area contributed by atoms with Crippen LogP contribution in [0, 0.1) is 0 Å². The van der Waals surface area contributed by atoms with Crippen molar-refractivity contribution in [1.29, 1.82) is 0 Å². The van der Waals surface area contributed by atoms with Gasteiger partial charge < -0.3 is 40.1 Å². The van der Waals surface area contributed by atoms with E-state index in [1.807, 2.05) is 0 Å². The summed E-state index contributed by atoms with van der Waals surface area (Å²) >= 11 is 0. The van der Waals surface area contributed by atoms with Gasteiger partial charge in [0, 0.05) is 0 Å². The summed E-state index contributed by atoms with van der Waals surface area (Å²) in [6.45, 7) is -1.37. The van der Waals surface area contributed by atoms with Crippen molar-refractivity contribution in [2.24, 2.45) is 0 Å². The fourth-order valence-electron chi connectivity index (χ4n) is 1.46. The first-order chi connectivity index (χ1) is 8.01. The second-order valence-corrected chi connectivity index (χ2v) is 3.87. The Morgan fingerprint density at radius 3 is 2.24 bits per heavy atom. The predicted molar refractivity (Wildman–Crippen MR) is 52.8 cm³/mol. The number of ether oxygens (including phenoxy) is 2. The molecule has 17 heavy (non-hydrogen) atoms. The second-order valence-electron chi connectivity index (χ2n) is 3.87. The molecular weight excluding hydrogens is 236 g/mol. The van der Waals surface area contributed by atoms with Gasteiger partial charge in [-0.05, 0) is 0 Å². The first-order valence-electron chi connectivity index (χ1n) is 5.22. The molecule has 0 spiro atoms. The van der Waals surface area contributed by atoms with Gasteiger partial charge in [0.1, 0.15) is 30.5 Å². The minimum atomic E-state index is -1.52. The summed E-state index contributed by atoms with van der Waals surface area (Å²) in [5, 5.41) is 54.9. The Balaban J connectivity index is 2.53. The van der Waals surface area contributed by atoms with Gasteiger partial charge in [-0.2, -0.15) is 0 Å². The lowest BCUT2D eigenvalue weighted by Gasteiger charge is -2.39. The van der Waals surface area contributed by atoms with Crippen molar-refractivity contribution >= 4 is 0 Å². The molecule has 8 heteroatoms. The Kier molecular flexibility index (Phi) is 5.70. The summed E-state index contributed by atoms with van der Waals surface area (Å²) in [7, 11) is 0. The lowest BCUT2D eigenvalue weighted by molar-refractivity contribution is -0.304. The van der Waals surface area contributed by atoms with Gasteiger partial charge in [0.05, 0.1) is 19.8 Å². The number of rotatable bonds is 5. The van der Waals surface area contributed by atoms with Crippen LogP contribution in [0.2, 0.25) is 0 Å². The van der Waals surface area contributed by atoms with E-state index in [1.54, 1.807) is 0 Å². The minimum Gasteiger partial charge on any atom is -0.394 e. The monoisotopic (exact) mass is 254 g/mol. The molecule has 4 unspecified atom stereocenters. The van der Waals surface area contributed by atoms with Crippen LogP contribution in [0.3, 0.4) is 0 Å². The van der Waals surface area contributed by atoms with E-state index in [-0.39, 0.29) is 6.61 Å². The topological polar surface area (TPSA) is 140 Å².